The Morgan fingerprint density at radius 1 is 0.875 bits per heavy atom. The molecule has 24 heavy (non-hydrogen) atoms. The second kappa shape index (κ2) is 6.14. The van der Waals surface area contributed by atoms with E-state index in [1.54, 1.807) is 0 Å². The maximum absolute atomic E-state index is 13.0. The average molecular weight is 352 g/mol. The van der Waals surface area contributed by atoms with Crippen LogP contribution in [0.4, 0.5) is 26.3 Å². The fraction of sp³-hybridized carbons (Fsp3) is 0.200. The number of halogens is 6. The number of rotatable bonds is 3. The van der Waals surface area contributed by atoms with Gasteiger partial charge in [-0.15, -0.1) is 13.2 Å². The van der Waals surface area contributed by atoms with Crippen LogP contribution in [0.3, 0.4) is 0 Å². The Balaban J connectivity index is 2.52. The van der Waals surface area contributed by atoms with Gasteiger partial charge in [0.05, 0.1) is 12.7 Å². The predicted octanol–water partition coefficient (Wildman–Crippen LogP) is 4.99. The van der Waals surface area contributed by atoms with E-state index >= 15 is 0 Å². The molecular formula is C15H10F6O3. The number of phenols is 1. The lowest BCUT2D eigenvalue weighted by Gasteiger charge is -2.15. The Bertz CT molecular complexity index is 737. The van der Waals surface area contributed by atoms with Crippen molar-refractivity contribution in [3.05, 3.63) is 42.0 Å². The van der Waals surface area contributed by atoms with Crippen molar-refractivity contribution in [1.29, 1.82) is 0 Å². The standard InChI is InChI=1S/C15H10F6O3/c1-23-13-3-2-8(6-12(13)14(16,17)18)9-4-10(22)7-11(5-9)24-15(19,20)21/h2-7,22H,1H3. The van der Waals surface area contributed by atoms with Crippen molar-refractivity contribution in [1.82, 2.24) is 0 Å². The lowest BCUT2D eigenvalue weighted by Crippen LogP contribution is -2.17. The monoisotopic (exact) mass is 352 g/mol. The van der Waals surface area contributed by atoms with Crippen molar-refractivity contribution < 1.29 is 40.9 Å². The van der Waals surface area contributed by atoms with Gasteiger partial charge in [0, 0.05) is 6.07 Å². The van der Waals surface area contributed by atoms with Crippen LogP contribution in [-0.2, 0) is 6.18 Å². The van der Waals surface area contributed by atoms with Crippen molar-refractivity contribution in [3.8, 4) is 28.4 Å². The molecule has 0 bridgehead atoms. The van der Waals surface area contributed by atoms with Crippen molar-refractivity contribution >= 4 is 0 Å². The summed E-state index contributed by atoms with van der Waals surface area (Å²) in [5.74, 6) is -1.77. The lowest BCUT2D eigenvalue weighted by molar-refractivity contribution is -0.274. The van der Waals surface area contributed by atoms with Crippen LogP contribution in [0, 0.1) is 0 Å². The van der Waals surface area contributed by atoms with E-state index in [1.165, 1.54) is 6.07 Å². The number of ether oxygens (including phenoxy) is 2. The van der Waals surface area contributed by atoms with Gasteiger partial charge in [-0.25, -0.2) is 0 Å². The van der Waals surface area contributed by atoms with Gasteiger partial charge in [0.1, 0.15) is 17.2 Å². The molecule has 0 unspecified atom stereocenters. The lowest BCUT2D eigenvalue weighted by atomic mass is 10.0. The summed E-state index contributed by atoms with van der Waals surface area (Å²) in [6.45, 7) is 0. The van der Waals surface area contributed by atoms with Gasteiger partial charge in [0.2, 0.25) is 0 Å². The van der Waals surface area contributed by atoms with Crippen LogP contribution in [0.2, 0.25) is 0 Å². The third-order valence-corrected chi connectivity index (χ3v) is 2.96. The molecule has 9 heteroatoms. The molecule has 1 N–H and O–H groups in total. The zero-order valence-electron chi connectivity index (χ0n) is 12.0. The third-order valence-electron chi connectivity index (χ3n) is 2.96. The summed E-state index contributed by atoms with van der Waals surface area (Å²) in [4.78, 5) is 0. The number of aromatic hydroxyl groups is 1. The van der Waals surface area contributed by atoms with E-state index in [2.05, 4.69) is 9.47 Å². The van der Waals surface area contributed by atoms with Crippen LogP contribution in [0.1, 0.15) is 5.56 Å². The first-order chi connectivity index (χ1) is 11.0. The molecule has 2 aromatic rings. The molecule has 0 spiro atoms. The second-order valence-corrected chi connectivity index (χ2v) is 4.68. The Labute approximate surface area is 132 Å². The second-order valence-electron chi connectivity index (χ2n) is 4.68. The highest BCUT2D eigenvalue weighted by Crippen LogP contribution is 2.40. The quantitative estimate of drug-likeness (QED) is 0.792. The van der Waals surface area contributed by atoms with Gasteiger partial charge in [-0.2, -0.15) is 13.2 Å². The van der Waals surface area contributed by atoms with Crippen molar-refractivity contribution in [3.63, 3.8) is 0 Å². The van der Waals surface area contributed by atoms with Gasteiger partial charge in [0.25, 0.3) is 0 Å². The maximum atomic E-state index is 13.0. The zero-order chi connectivity index (χ0) is 18.1. The first-order valence-electron chi connectivity index (χ1n) is 6.35. The summed E-state index contributed by atoms with van der Waals surface area (Å²) in [6.07, 6.45) is -9.72. The SMILES string of the molecule is COc1ccc(-c2cc(O)cc(OC(F)(F)F)c2)cc1C(F)(F)F. The van der Waals surface area contributed by atoms with Crippen LogP contribution in [-0.4, -0.2) is 18.6 Å². The molecule has 0 saturated carbocycles. The van der Waals surface area contributed by atoms with Gasteiger partial charge >= 0.3 is 12.5 Å². The molecular weight excluding hydrogens is 342 g/mol. The topological polar surface area (TPSA) is 38.7 Å². The minimum absolute atomic E-state index is 0.0638. The summed E-state index contributed by atoms with van der Waals surface area (Å²) in [5.41, 5.74) is -1.24. The number of benzene rings is 2. The van der Waals surface area contributed by atoms with Crippen LogP contribution in [0.5, 0.6) is 17.2 Å². The molecule has 0 aliphatic carbocycles. The smallest absolute Gasteiger partial charge is 0.508 e. The summed E-state index contributed by atoms with van der Waals surface area (Å²) >= 11 is 0. The van der Waals surface area contributed by atoms with Crippen molar-refractivity contribution in [2.45, 2.75) is 12.5 Å². The highest BCUT2D eigenvalue weighted by molar-refractivity contribution is 5.69. The molecule has 0 atom stereocenters. The number of methoxy groups -OCH3 is 1. The number of hydrogen-bond acceptors (Lipinski definition) is 3. The van der Waals surface area contributed by atoms with Crippen LogP contribution < -0.4 is 9.47 Å². The molecule has 0 aliphatic heterocycles. The fourth-order valence-corrected chi connectivity index (χ4v) is 2.05. The van der Waals surface area contributed by atoms with E-state index in [4.69, 9.17) is 0 Å². The van der Waals surface area contributed by atoms with Gasteiger partial charge in [0.15, 0.2) is 0 Å². The number of alkyl halides is 6. The Hall–Kier alpha value is -2.58. The van der Waals surface area contributed by atoms with Crippen LogP contribution >= 0.6 is 0 Å². The molecule has 0 radical (unpaired) electrons. The molecule has 0 fully saturated rings. The third kappa shape index (κ3) is 4.24. The summed E-state index contributed by atoms with van der Waals surface area (Å²) in [7, 11) is 1.06. The Morgan fingerprint density at radius 2 is 1.54 bits per heavy atom. The van der Waals surface area contributed by atoms with E-state index in [-0.39, 0.29) is 11.1 Å². The van der Waals surface area contributed by atoms with E-state index in [9.17, 15) is 31.4 Å². The molecule has 2 aromatic carbocycles. The molecule has 0 amide bonds. The number of hydrogen-bond donors (Lipinski definition) is 1. The largest absolute Gasteiger partial charge is 0.573 e. The minimum atomic E-state index is -5.00. The van der Waals surface area contributed by atoms with Gasteiger partial charge < -0.3 is 14.6 Å². The molecule has 0 aliphatic rings. The first-order valence-corrected chi connectivity index (χ1v) is 6.35. The van der Waals surface area contributed by atoms with Crippen LogP contribution in [0.15, 0.2) is 36.4 Å². The van der Waals surface area contributed by atoms with Gasteiger partial charge in [-0.05, 0) is 35.4 Å². The normalized spacial score (nSPS) is 12.1. The number of phenolic OH excluding ortho intramolecular Hbond substituents is 1. The predicted molar refractivity (Wildman–Crippen MR) is 71.8 cm³/mol. The average Bonchev–Trinajstić information content (AvgIpc) is 2.43. The van der Waals surface area contributed by atoms with Gasteiger partial charge in [-0.3, -0.25) is 0 Å². The highest BCUT2D eigenvalue weighted by atomic mass is 19.4. The van der Waals surface area contributed by atoms with Crippen LogP contribution in [0.25, 0.3) is 11.1 Å². The molecule has 0 heterocycles. The maximum Gasteiger partial charge on any atom is 0.573 e. The molecule has 130 valence electrons. The zero-order valence-corrected chi connectivity index (χ0v) is 12.0. The van der Waals surface area contributed by atoms with E-state index < -0.39 is 35.4 Å². The minimum Gasteiger partial charge on any atom is -0.508 e. The van der Waals surface area contributed by atoms with Crippen molar-refractivity contribution in [2.24, 2.45) is 0 Å². The molecule has 3 nitrogen and oxygen atoms in total. The summed E-state index contributed by atoms with van der Waals surface area (Å²) in [5, 5.41) is 9.49. The van der Waals surface area contributed by atoms with E-state index in [0.717, 1.165) is 25.3 Å². The molecule has 0 saturated heterocycles. The molecule has 0 aromatic heterocycles. The molecule has 2 rings (SSSR count). The highest BCUT2D eigenvalue weighted by Gasteiger charge is 2.35. The Kier molecular flexibility index (Phi) is 4.54. The summed E-state index contributed by atoms with van der Waals surface area (Å²) < 4.78 is 84.1. The summed E-state index contributed by atoms with van der Waals surface area (Å²) in [6, 6.07) is 5.56. The fourth-order valence-electron chi connectivity index (χ4n) is 2.05. The first kappa shape index (κ1) is 17.8. The van der Waals surface area contributed by atoms with E-state index in [0.29, 0.717) is 12.1 Å². The van der Waals surface area contributed by atoms with E-state index in [1.807, 2.05) is 0 Å². The Morgan fingerprint density at radius 3 is 2.08 bits per heavy atom. The van der Waals surface area contributed by atoms with Crippen molar-refractivity contribution in [2.75, 3.05) is 7.11 Å². The van der Waals surface area contributed by atoms with Gasteiger partial charge in [-0.1, -0.05) is 6.07 Å².